The molecule has 0 bridgehead atoms. The molecule has 0 unspecified atom stereocenters. The highest BCUT2D eigenvalue weighted by atomic mass is 32.1. The van der Waals surface area contributed by atoms with Crippen LogP contribution in [0.5, 0.6) is 11.5 Å². The topological polar surface area (TPSA) is 51.0 Å². The van der Waals surface area contributed by atoms with E-state index in [9.17, 15) is 0 Å². The third-order valence-corrected chi connectivity index (χ3v) is 3.33. The molecule has 0 saturated heterocycles. The van der Waals surface area contributed by atoms with Gasteiger partial charge in [-0.2, -0.15) is 0 Å². The zero-order valence-corrected chi connectivity index (χ0v) is 9.75. The Morgan fingerprint density at radius 3 is 2.75 bits per heavy atom. The fraction of sp³-hybridized carbons (Fsp3) is 0.182. The van der Waals surface area contributed by atoms with Gasteiger partial charge in [-0.1, -0.05) is 11.2 Å². The van der Waals surface area contributed by atoms with Crippen LogP contribution < -0.4 is 9.47 Å². The highest BCUT2D eigenvalue weighted by Gasteiger charge is 2.15. The molecule has 0 fully saturated rings. The first-order chi connectivity index (χ1) is 7.81. The molecule has 2 rings (SSSR count). The molecule has 5 heteroatoms. The summed E-state index contributed by atoms with van der Waals surface area (Å²) in [5, 5.41) is 12.5. The number of nitrogens with zero attached hydrogens (tertiary/aromatic N) is 1. The molecular formula is C11H11NO3S. The van der Waals surface area contributed by atoms with Gasteiger partial charge in [-0.05, 0) is 12.1 Å². The second-order valence-electron chi connectivity index (χ2n) is 3.08. The zero-order chi connectivity index (χ0) is 11.5. The Hall–Kier alpha value is -1.75. The lowest BCUT2D eigenvalue weighted by Crippen LogP contribution is -1.88. The Morgan fingerprint density at radius 2 is 2.12 bits per heavy atom. The molecule has 4 nitrogen and oxygen atoms in total. The normalized spacial score (nSPS) is 11.1. The number of hydrogen-bond acceptors (Lipinski definition) is 5. The van der Waals surface area contributed by atoms with E-state index in [1.165, 1.54) is 17.6 Å². The largest absolute Gasteiger partial charge is 0.496 e. The van der Waals surface area contributed by atoms with Gasteiger partial charge in [0.15, 0.2) is 0 Å². The molecule has 1 aromatic carbocycles. The summed E-state index contributed by atoms with van der Waals surface area (Å²) < 4.78 is 11.6. The maximum absolute atomic E-state index is 8.58. The van der Waals surface area contributed by atoms with Crippen molar-refractivity contribution in [2.75, 3.05) is 14.2 Å². The van der Waals surface area contributed by atoms with Crippen molar-refractivity contribution >= 4 is 27.6 Å². The number of ether oxygens (including phenoxy) is 2. The predicted molar refractivity (Wildman–Crippen MR) is 64.3 cm³/mol. The quantitative estimate of drug-likeness (QED) is 0.507. The van der Waals surface area contributed by atoms with E-state index in [4.69, 9.17) is 14.7 Å². The first-order valence-electron chi connectivity index (χ1n) is 4.62. The maximum atomic E-state index is 8.58. The molecule has 0 aliphatic rings. The van der Waals surface area contributed by atoms with Crippen LogP contribution >= 0.6 is 11.3 Å². The van der Waals surface area contributed by atoms with Crippen LogP contribution in [0, 0.1) is 0 Å². The smallest absolute Gasteiger partial charge is 0.150 e. The Kier molecular flexibility index (Phi) is 2.96. The maximum Gasteiger partial charge on any atom is 0.150 e. The van der Waals surface area contributed by atoms with E-state index < -0.39 is 0 Å². The summed E-state index contributed by atoms with van der Waals surface area (Å²) in [6, 6.07) is 5.76. The second-order valence-corrected chi connectivity index (χ2v) is 4.16. The zero-order valence-electron chi connectivity index (χ0n) is 8.93. The van der Waals surface area contributed by atoms with Crippen molar-refractivity contribution in [1.82, 2.24) is 0 Å². The van der Waals surface area contributed by atoms with E-state index in [0.717, 1.165) is 20.7 Å². The van der Waals surface area contributed by atoms with Gasteiger partial charge < -0.3 is 14.7 Å². The molecule has 0 atom stereocenters. The minimum atomic E-state index is 0.676. The van der Waals surface area contributed by atoms with Gasteiger partial charge in [0.2, 0.25) is 0 Å². The summed E-state index contributed by atoms with van der Waals surface area (Å²) in [4.78, 5) is 0.768. The van der Waals surface area contributed by atoms with Crippen molar-refractivity contribution in [3.8, 4) is 11.5 Å². The fourth-order valence-electron chi connectivity index (χ4n) is 1.62. The molecule has 84 valence electrons. The Labute approximate surface area is 96.7 Å². The summed E-state index contributed by atoms with van der Waals surface area (Å²) in [5.74, 6) is 1.43. The van der Waals surface area contributed by atoms with Gasteiger partial charge in [0.05, 0.1) is 30.7 Å². The third-order valence-electron chi connectivity index (χ3n) is 2.26. The summed E-state index contributed by atoms with van der Waals surface area (Å²) >= 11 is 1.49. The van der Waals surface area contributed by atoms with Crippen LogP contribution in [0.25, 0.3) is 10.1 Å². The van der Waals surface area contributed by atoms with E-state index >= 15 is 0 Å². The van der Waals surface area contributed by atoms with Crippen molar-refractivity contribution in [1.29, 1.82) is 0 Å². The minimum absolute atomic E-state index is 0.676. The molecule has 0 aliphatic heterocycles. The molecule has 0 spiro atoms. The summed E-state index contributed by atoms with van der Waals surface area (Å²) in [7, 11) is 3.20. The fourth-order valence-corrected chi connectivity index (χ4v) is 2.67. The van der Waals surface area contributed by atoms with Gasteiger partial charge in [0, 0.05) is 4.70 Å². The van der Waals surface area contributed by atoms with Crippen LogP contribution in [-0.2, 0) is 0 Å². The lowest BCUT2D eigenvalue weighted by atomic mass is 10.2. The van der Waals surface area contributed by atoms with E-state index in [1.807, 2.05) is 18.2 Å². The van der Waals surface area contributed by atoms with Gasteiger partial charge in [-0.15, -0.1) is 11.3 Å². The van der Waals surface area contributed by atoms with Gasteiger partial charge in [-0.25, -0.2) is 0 Å². The first-order valence-corrected chi connectivity index (χ1v) is 5.44. The molecule has 0 radical (unpaired) electrons. The van der Waals surface area contributed by atoms with Crippen molar-refractivity contribution < 1.29 is 14.7 Å². The summed E-state index contributed by atoms with van der Waals surface area (Å²) in [6.45, 7) is 0. The van der Waals surface area contributed by atoms with Crippen LogP contribution in [0.15, 0.2) is 23.4 Å². The van der Waals surface area contributed by atoms with Crippen molar-refractivity contribution in [2.24, 2.45) is 5.16 Å². The summed E-state index contributed by atoms with van der Waals surface area (Å²) in [5.41, 5.74) is 0. The standard InChI is InChI=1S/C11H11NO3S/c1-14-7-4-3-5-8-10(7)11(15-2)9(16-8)6-12-13/h3-6,13H,1-2H3. The monoisotopic (exact) mass is 237 g/mol. The van der Waals surface area contributed by atoms with Gasteiger partial charge >= 0.3 is 0 Å². The highest BCUT2D eigenvalue weighted by Crippen LogP contribution is 2.41. The molecule has 0 aliphatic carbocycles. The van der Waals surface area contributed by atoms with Crippen LogP contribution in [0.3, 0.4) is 0 Å². The Bertz CT molecular complexity index is 533. The molecule has 1 aromatic heterocycles. The number of oxime groups is 1. The van der Waals surface area contributed by atoms with E-state index in [-0.39, 0.29) is 0 Å². The lowest BCUT2D eigenvalue weighted by molar-refractivity contribution is 0.321. The van der Waals surface area contributed by atoms with Gasteiger partial charge in [0.1, 0.15) is 11.5 Å². The highest BCUT2D eigenvalue weighted by molar-refractivity contribution is 7.21. The number of hydrogen-bond donors (Lipinski definition) is 1. The molecule has 1 heterocycles. The summed E-state index contributed by atoms with van der Waals surface area (Å²) in [6.07, 6.45) is 1.36. The first kappa shape index (κ1) is 10.8. The third kappa shape index (κ3) is 1.59. The van der Waals surface area contributed by atoms with E-state index in [2.05, 4.69) is 5.16 Å². The number of fused-ring (bicyclic) bond motifs is 1. The SMILES string of the molecule is COc1cccc2sc(C=NO)c(OC)c12. The van der Waals surface area contributed by atoms with Crippen molar-refractivity contribution in [3.05, 3.63) is 23.1 Å². The number of thiophene rings is 1. The molecular weight excluding hydrogens is 226 g/mol. The van der Waals surface area contributed by atoms with E-state index in [1.54, 1.807) is 14.2 Å². The predicted octanol–water partition coefficient (Wildman–Crippen LogP) is 2.73. The minimum Gasteiger partial charge on any atom is -0.496 e. The average Bonchev–Trinajstić information content (AvgIpc) is 2.66. The molecule has 0 saturated carbocycles. The number of methoxy groups -OCH3 is 2. The molecule has 16 heavy (non-hydrogen) atoms. The van der Waals surface area contributed by atoms with E-state index in [0.29, 0.717) is 5.75 Å². The van der Waals surface area contributed by atoms with Crippen molar-refractivity contribution in [2.45, 2.75) is 0 Å². The number of benzene rings is 1. The molecule has 0 amide bonds. The van der Waals surface area contributed by atoms with Crippen LogP contribution in [0.1, 0.15) is 4.88 Å². The van der Waals surface area contributed by atoms with Crippen LogP contribution in [0.2, 0.25) is 0 Å². The lowest BCUT2D eigenvalue weighted by Gasteiger charge is -2.04. The van der Waals surface area contributed by atoms with Crippen LogP contribution in [-0.4, -0.2) is 25.6 Å². The molecule has 2 aromatic rings. The Balaban J connectivity index is 2.77. The van der Waals surface area contributed by atoms with Gasteiger partial charge in [0.25, 0.3) is 0 Å². The van der Waals surface area contributed by atoms with Crippen LogP contribution in [0.4, 0.5) is 0 Å². The Morgan fingerprint density at radius 1 is 1.31 bits per heavy atom. The number of rotatable bonds is 3. The molecule has 1 N–H and O–H groups in total. The second kappa shape index (κ2) is 4.40. The van der Waals surface area contributed by atoms with Crippen molar-refractivity contribution in [3.63, 3.8) is 0 Å². The van der Waals surface area contributed by atoms with Gasteiger partial charge in [-0.3, -0.25) is 0 Å². The average molecular weight is 237 g/mol.